The number of fused-ring (bicyclic) bond motifs is 4. The molecule has 13 rings (SSSR count). The molecule has 76 heavy (non-hydrogen) atoms. The van der Waals surface area contributed by atoms with E-state index in [0.29, 0.717) is 18.2 Å². The number of nitrogens with zero attached hydrogens (tertiary/aromatic N) is 4. The summed E-state index contributed by atoms with van der Waals surface area (Å²) in [5, 5.41) is 2.27. The molecular weight excluding hydrogens is 932 g/mol. The number of ether oxygens (including phenoxy) is 1. The number of hydrogen-bond acceptors (Lipinski definition) is 4. The maximum atomic E-state index is 14.5. The summed E-state index contributed by atoms with van der Waals surface area (Å²) in [6.45, 7) is 7.20. The maximum Gasteiger partial charge on any atom is 0.137 e. The molecule has 0 saturated heterocycles. The molecule has 0 unspecified atom stereocenters. The first-order chi connectivity index (χ1) is 37.2. The van der Waals surface area contributed by atoms with E-state index >= 15 is 0 Å². The molecule has 0 radical (unpaired) electrons. The molecule has 0 amide bonds. The van der Waals surface area contributed by atoms with Crippen molar-refractivity contribution in [1.29, 1.82) is 0 Å². The van der Waals surface area contributed by atoms with Crippen LogP contribution in [0.25, 0.3) is 83.3 Å². The molecule has 12 aromatic rings. The highest BCUT2D eigenvalue weighted by molar-refractivity contribution is 6.09. The second kappa shape index (κ2) is 19.1. The van der Waals surface area contributed by atoms with E-state index in [9.17, 15) is 4.39 Å². The Kier molecular flexibility index (Phi) is 11.6. The lowest BCUT2D eigenvalue weighted by Crippen LogP contribution is -2.25. The molecule has 0 spiro atoms. The van der Waals surface area contributed by atoms with Crippen LogP contribution in [0, 0.1) is 5.82 Å². The highest BCUT2D eigenvalue weighted by Crippen LogP contribution is 2.51. The molecule has 1 aliphatic rings. The fraction of sp³-hybridized carbons (Fsp3) is 0.0714. The number of aromatic nitrogens is 2. The molecule has 5 nitrogen and oxygen atoms in total. The van der Waals surface area contributed by atoms with Crippen LogP contribution in [0.1, 0.15) is 26.3 Å². The van der Waals surface area contributed by atoms with E-state index in [-0.39, 0.29) is 11.2 Å². The van der Waals surface area contributed by atoms with Crippen molar-refractivity contribution in [3.63, 3.8) is 0 Å². The first kappa shape index (κ1) is 46.3. The number of benzene rings is 10. The van der Waals surface area contributed by atoms with Gasteiger partial charge in [-0.2, -0.15) is 0 Å². The van der Waals surface area contributed by atoms with E-state index in [2.05, 4.69) is 254 Å². The maximum absolute atomic E-state index is 14.5. The standard InChI is InChI=1S/C70H53FN4O/c1-70(2,3)55-36-37-72-68(43-55)75-64-27-14-13-24-62(64)63-35-34-58(45-67(63)75)76-59-42-54(53-39-51(47-18-7-4-8-19-47)38-52(40-53)48-20-9-5-10-21-48)41-57(44-59)73-46-74(66-29-16-15-28-65(66)73)69-60(49-22-11-6-12-23-49)25-17-26-61(69)50-30-32-56(71)33-31-50/h4-45H,46H2,1-3H3. The number of rotatable bonds is 10. The van der Waals surface area contributed by atoms with Gasteiger partial charge < -0.3 is 14.5 Å². The lowest BCUT2D eigenvalue weighted by Gasteiger charge is -2.27. The van der Waals surface area contributed by atoms with Crippen LogP contribution in [0.4, 0.5) is 27.1 Å². The third-order valence-electron chi connectivity index (χ3n) is 14.7. The van der Waals surface area contributed by atoms with E-state index in [1.165, 1.54) is 5.56 Å². The Bertz CT molecular complexity index is 4050. The first-order valence-electron chi connectivity index (χ1n) is 25.9. The molecule has 0 bridgehead atoms. The van der Waals surface area contributed by atoms with Gasteiger partial charge in [-0.1, -0.05) is 172 Å². The van der Waals surface area contributed by atoms with Gasteiger partial charge in [0.1, 0.15) is 29.8 Å². The molecule has 10 aromatic carbocycles. The number of pyridine rings is 1. The smallest absolute Gasteiger partial charge is 0.137 e. The zero-order valence-corrected chi connectivity index (χ0v) is 42.5. The summed E-state index contributed by atoms with van der Waals surface area (Å²) in [5.74, 6) is 2.00. The fourth-order valence-electron chi connectivity index (χ4n) is 10.9. The van der Waals surface area contributed by atoms with Crippen LogP contribution in [0.15, 0.2) is 255 Å². The fourth-order valence-corrected chi connectivity index (χ4v) is 10.9. The number of anilines is 4. The molecule has 0 N–H and O–H groups in total. The van der Waals surface area contributed by atoms with Crippen LogP contribution in [0.3, 0.4) is 0 Å². The van der Waals surface area contributed by atoms with Crippen LogP contribution < -0.4 is 14.5 Å². The molecule has 1 aliphatic heterocycles. The third-order valence-corrected chi connectivity index (χ3v) is 14.7. The normalized spacial score (nSPS) is 12.4. The average Bonchev–Trinajstić information content (AvgIpc) is 4.10. The molecule has 0 atom stereocenters. The molecule has 0 saturated carbocycles. The van der Waals surface area contributed by atoms with Crippen molar-refractivity contribution in [2.75, 3.05) is 16.5 Å². The van der Waals surface area contributed by atoms with Gasteiger partial charge in [-0.25, -0.2) is 9.37 Å². The van der Waals surface area contributed by atoms with Gasteiger partial charge >= 0.3 is 0 Å². The molecule has 6 heteroatoms. The molecule has 0 aliphatic carbocycles. The van der Waals surface area contributed by atoms with Crippen LogP contribution >= 0.6 is 0 Å². The van der Waals surface area contributed by atoms with Crippen molar-refractivity contribution >= 4 is 44.6 Å². The zero-order valence-electron chi connectivity index (χ0n) is 42.5. The van der Waals surface area contributed by atoms with Crippen molar-refractivity contribution in [2.45, 2.75) is 26.2 Å². The highest BCUT2D eigenvalue weighted by atomic mass is 19.1. The highest BCUT2D eigenvalue weighted by Gasteiger charge is 2.32. The minimum absolute atomic E-state index is 0.0566. The van der Waals surface area contributed by atoms with Gasteiger partial charge in [0.05, 0.1) is 28.1 Å². The van der Waals surface area contributed by atoms with Crippen LogP contribution in [0.5, 0.6) is 11.5 Å². The van der Waals surface area contributed by atoms with Crippen molar-refractivity contribution in [1.82, 2.24) is 9.55 Å². The molecule has 366 valence electrons. The molecule has 3 heterocycles. The monoisotopic (exact) mass is 984 g/mol. The summed E-state index contributed by atoms with van der Waals surface area (Å²) in [6, 6.07) is 86.4. The quantitative estimate of drug-likeness (QED) is 0.137. The van der Waals surface area contributed by atoms with Crippen molar-refractivity contribution in [3.8, 4) is 73.0 Å². The number of halogens is 1. The predicted octanol–water partition coefficient (Wildman–Crippen LogP) is 19.0. The summed E-state index contributed by atoms with van der Waals surface area (Å²) in [4.78, 5) is 9.75. The summed E-state index contributed by atoms with van der Waals surface area (Å²) < 4.78 is 24.0. The van der Waals surface area contributed by atoms with E-state index in [1.54, 1.807) is 12.1 Å². The molecular formula is C70H53FN4O. The largest absolute Gasteiger partial charge is 0.457 e. The number of para-hydroxylation sites is 4. The topological polar surface area (TPSA) is 33.5 Å². The van der Waals surface area contributed by atoms with Gasteiger partial charge in [-0.15, -0.1) is 0 Å². The summed E-state index contributed by atoms with van der Waals surface area (Å²) in [7, 11) is 0. The zero-order chi connectivity index (χ0) is 51.3. The second-order valence-corrected chi connectivity index (χ2v) is 20.6. The van der Waals surface area contributed by atoms with Crippen molar-refractivity contribution < 1.29 is 9.13 Å². The average molecular weight is 985 g/mol. The third kappa shape index (κ3) is 8.63. The van der Waals surface area contributed by atoms with Crippen LogP contribution in [-0.4, -0.2) is 16.2 Å². The Hall–Kier alpha value is -9.52. The van der Waals surface area contributed by atoms with Gasteiger partial charge in [-0.05, 0) is 140 Å². The van der Waals surface area contributed by atoms with E-state index in [4.69, 9.17) is 9.72 Å². The molecule has 2 aromatic heterocycles. The van der Waals surface area contributed by atoms with Crippen LogP contribution in [0.2, 0.25) is 0 Å². The summed E-state index contributed by atoms with van der Waals surface area (Å²) in [5.41, 5.74) is 18.1. The number of hydrogen-bond donors (Lipinski definition) is 0. The Balaban J connectivity index is 0.994. The van der Waals surface area contributed by atoms with Crippen LogP contribution in [-0.2, 0) is 5.41 Å². The van der Waals surface area contributed by atoms with Crippen molar-refractivity contribution in [2.24, 2.45) is 0 Å². The first-order valence-corrected chi connectivity index (χ1v) is 25.9. The van der Waals surface area contributed by atoms with Gasteiger partial charge in [0, 0.05) is 45.9 Å². The van der Waals surface area contributed by atoms with Gasteiger partial charge in [0.25, 0.3) is 0 Å². The van der Waals surface area contributed by atoms with E-state index in [0.717, 1.165) is 106 Å². The van der Waals surface area contributed by atoms with E-state index in [1.807, 2.05) is 24.4 Å². The lowest BCUT2D eigenvalue weighted by molar-refractivity contribution is 0.483. The Morgan fingerprint density at radius 2 is 0.974 bits per heavy atom. The van der Waals surface area contributed by atoms with Crippen molar-refractivity contribution in [3.05, 3.63) is 266 Å². The Morgan fingerprint density at radius 1 is 0.421 bits per heavy atom. The lowest BCUT2D eigenvalue weighted by atomic mass is 9.88. The Labute approximate surface area is 443 Å². The van der Waals surface area contributed by atoms with Gasteiger partial charge in [0.2, 0.25) is 0 Å². The minimum Gasteiger partial charge on any atom is -0.457 e. The second-order valence-electron chi connectivity index (χ2n) is 20.6. The minimum atomic E-state index is -0.268. The molecule has 0 fully saturated rings. The SMILES string of the molecule is CC(C)(C)c1ccnc(-n2c3ccccc3c3ccc(Oc4cc(-c5cc(-c6ccccc6)cc(-c6ccccc6)c5)cc(N5CN(c6c(-c7ccccc7)cccc6-c6ccc(F)cc6)c6ccccc65)c4)cc32)c1. The Morgan fingerprint density at radius 3 is 1.63 bits per heavy atom. The summed E-state index contributed by atoms with van der Waals surface area (Å²) >= 11 is 0. The predicted molar refractivity (Wildman–Crippen MR) is 313 cm³/mol. The summed E-state index contributed by atoms with van der Waals surface area (Å²) in [6.07, 6.45) is 1.92. The van der Waals surface area contributed by atoms with E-state index < -0.39 is 0 Å². The van der Waals surface area contributed by atoms with Gasteiger partial charge in [0.15, 0.2) is 0 Å². The van der Waals surface area contributed by atoms with Gasteiger partial charge in [-0.3, -0.25) is 4.57 Å².